The Morgan fingerprint density at radius 1 is 1.12 bits per heavy atom. The van der Waals surface area contributed by atoms with Crippen molar-refractivity contribution < 1.29 is 9.90 Å². The van der Waals surface area contributed by atoms with E-state index in [0.29, 0.717) is 16.1 Å². The van der Waals surface area contributed by atoms with Crippen LogP contribution in [0.5, 0.6) is 0 Å². The lowest BCUT2D eigenvalue weighted by atomic mass is 9.92. The second-order valence-corrected chi connectivity index (χ2v) is 6.72. The summed E-state index contributed by atoms with van der Waals surface area (Å²) < 4.78 is 0. The van der Waals surface area contributed by atoms with Gasteiger partial charge in [-0.3, -0.25) is 4.79 Å². The van der Waals surface area contributed by atoms with E-state index >= 15 is 0 Å². The van der Waals surface area contributed by atoms with Crippen molar-refractivity contribution in [3.05, 3.63) is 58.6 Å². The molecule has 0 unspecified atom stereocenters. The average Bonchev–Trinajstić information content (AvgIpc) is 2.63. The Kier molecular flexibility index (Phi) is 5.37. The van der Waals surface area contributed by atoms with E-state index in [-0.39, 0.29) is 11.9 Å². The Hall–Kier alpha value is -2.35. The second kappa shape index (κ2) is 7.69. The van der Waals surface area contributed by atoms with Gasteiger partial charge in [-0.2, -0.15) is 5.26 Å². The van der Waals surface area contributed by atoms with Crippen molar-refractivity contribution in [2.24, 2.45) is 0 Å². The highest BCUT2D eigenvalue weighted by Gasteiger charge is 2.24. The number of carbonyl (C=O) groups is 1. The highest BCUT2D eigenvalue weighted by atomic mass is 35.5. The molecular weight excluding hydrogens is 336 g/mol. The quantitative estimate of drug-likeness (QED) is 0.877. The summed E-state index contributed by atoms with van der Waals surface area (Å²) in [4.78, 5) is 12.4. The summed E-state index contributed by atoms with van der Waals surface area (Å²) in [5.41, 5.74) is 2.80. The van der Waals surface area contributed by atoms with Crippen molar-refractivity contribution in [1.29, 1.82) is 5.26 Å². The maximum Gasteiger partial charge on any atom is 0.251 e. The molecule has 1 aliphatic rings. The van der Waals surface area contributed by atoms with Crippen molar-refractivity contribution in [3.63, 3.8) is 0 Å². The number of carbonyl (C=O) groups excluding carboxylic acids is 1. The Bertz CT molecular complexity index is 811. The lowest BCUT2D eigenvalue weighted by Crippen LogP contribution is -2.45. The number of rotatable bonds is 3. The van der Waals surface area contributed by atoms with Crippen LogP contribution in [0.25, 0.3) is 11.1 Å². The third kappa shape index (κ3) is 4.01. The summed E-state index contributed by atoms with van der Waals surface area (Å²) >= 11 is 6.07. The smallest absolute Gasteiger partial charge is 0.251 e. The number of amides is 1. The van der Waals surface area contributed by atoms with E-state index in [1.807, 2.05) is 24.3 Å². The van der Waals surface area contributed by atoms with Gasteiger partial charge in [0.1, 0.15) is 6.07 Å². The molecule has 2 aromatic rings. The molecule has 1 fully saturated rings. The SMILES string of the molecule is N#Cc1ccc(-c2ccc(C(=O)N[C@H]3CCCC[C@@H]3O)cc2)cc1Cl. The van der Waals surface area contributed by atoms with Gasteiger partial charge in [-0.05, 0) is 48.2 Å². The number of nitrogens with zero attached hydrogens (tertiary/aromatic N) is 1. The third-order valence-electron chi connectivity index (χ3n) is 4.62. The molecule has 0 heterocycles. The Balaban J connectivity index is 1.72. The van der Waals surface area contributed by atoms with Crippen molar-refractivity contribution in [1.82, 2.24) is 5.32 Å². The van der Waals surface area contributed by atoms with E-state index in [1.54, 1.807) is 24.3 Å². The number of nitriles is 1. The van der Waals surface area contributed by atoms with Gasteiger partial charge >= 0.3 is 0 Å². The molecule has 2 atom stereocenters. The monoisotopic (exact) mass is 354 g/mol. The van der Waals surface area contributed by atoms with Crippen LogP contribution >= 0.6 is 11.6 Å². The standard InChI is InChI=1S/C20H19ClN2O2/c21-17-11-15(9-10-16(17)12-22)13-5-7-14(8-6-13)20(25)23-18-3-1-2-4-19(18)24/h5-11,18-19,24H,1-4H2,(H,23,25)/t18-,19-/m0/s1. The fraction of sp³-hybridized carbons (Fsp3) is 0.300. The van der Waals surface area contributed by atoms with Crippen LogP contribution in [0.15, 0.2) is 42.5 Å². The number of aliphatic hydroxyl groups is 1. The minimum Gasteiger partial charge on any atom is -0.391 e. The summed E-state index contributed by atoms with van der Waals surface area (Å²) in [5.74, 6) is -0.171. The minimum atomic E-state index is -0.460. The van der Waals surface area contributed by atoms with Crippen molar-refractivity contribution in [3.8, 4) is 17.2 Å². The summed E-state index contributed by atoms with van der Waals surface area (Å²) in [5, 5.41) is 22.2. The molecule has 0 aromatic heterocycles. The van der Waals surface area contributed by atoms with Crippen molar-refractivity contribution >= 4 is 17.5 Å². The molecule has 0 saturated heterocycles. The third-order valence-corrected chi connectivity index (χ3v) is 4.93. The van der Waals surface area contributed by atoms with Crippen molar-refractivity contribution in [2.45, 2.75) is 37.8 Å². The predicted molar refractivity (Wildman–Crippen MR) is 97.3 cm³/mol. The number of nitrogens with one attached hydrogen (secondary N) is 1. The van der Waals surface area contributed by atoms with Crippen LogP contribution in [-0.4, -0.2) is 23.2 Å². The van der Waals surface area contributed by atoms with Gasteiger partial charge in [0, 0.05) is 5.56 Å². The van der Waals surface area contributed by atoms with Gasteiger partial charge in [-0.25, -0.2) is 0 Å². The van der Waals surface area contributed by atoms with Gasteiger partial charge in [0.15, 0.2) is 0 Å². The van der Waals surface area contributed by atoms with Gasteiger partial charge in [0.05, 0.1) is 22.7 Å². The first-order valence-corrected chi connectivity index (χ1v) is 8.75. The molecule has 2 aromatic carbocycles. The van der Waals surface area contributed by atoms with Gasteiger partial charge in [0.2, 0.25) is 0 Å². The minimum absolute atomic E-state index is 0.168. The average molecular weight is 355 g/mol. The molecule has 5 heteroatoms. The maximum atomic E-state index is 12.4. The molecule has 1 saturated carbocycles. The zero-order valence-corrected chi connectivity index (χ0v) is 14.5. The highest BCUT2D eigenvalue weighted by molar-refractivity contribution is 6.32. The zero-order chi connectivity index (χ0) is 17.8. The van der Waals surface area contributed by atoms with Gasteiger partial charge in [0.25, 0.3) is 5.91 Å². The number of hydrogen-bond donors (Lipinski definition) is 2. The lowest BCUT2D eigenvalue weighted by Gasteiger charge is -2.28. The summed E-state index contributed by atoms with van der Waals surface area (Å²) in [6.45, 7) is 0. The molecule has 0 spiro atoms. The van der Waals surface area contributed by atoms with Gasteiger partial charge < -0.3 is 10.4 Å². The van der Waals surface area contributed by atoms with E-state index < -0.39 is 6.10 Å². The molecule has 0 bridgehead atoms. The number of hydrogen-bond acceptors (Lipinski definition) is 3. The van der Waals surface area contributed by atoms with Gasteiger partial charge in [-0.15, -0.1) is 0 Å². The highest BCUT2D eigenvalue weighted by Crippen LogP contribution is 2.26. The van der Waals surface area contributed by atoms with Crippen LogP contribution in [0.1, 0.15) is 41.6 Å². The first-order valence-electron chi connectivity index (χ1n) is 8.37. The molecule has 1 aliphatic carbocycles. The summed E-state index contributed by atoms with van der Waals surface area (Å²) in [6, 6.07) is 14.3. The number of benzene rings is 2. The first kappa shape index (κ1) is 17.5. The molecule has 4 nitrogen and oxygen atoms in total. The molecule has 128 valence electrons. The van der Waals surface area contributed by atoms with E-state index in [4.69, 9.17) is 16.9 Å². The molecule has 1 amide bonds. The largest absolute Gasteiger partial charge is 0.391 e. The van der Waals surface area contributed by atoms with Gasteiger partial charge in [-0.1, -0.05) is 42.6 Å². The van der Waals surface area contributed by atoms with E-state index in [1.165, 1.54) is 0 Å². The molecule has 3 rings (SSSR count). The summed E-state index contributed by atoms with van der Waals surface area (Å²) in [7, 11) is 0. The molecule has 25 heavy (non-hydrogen) atoms. The molecule has 2 N–H and O–H groups in total. The van der Waals surface area contributed by atoms with Crippen LogP contribution < -0.4 is 5.32 Å². The molecule has 0 aliphatic heterocycles. The second-order valence-electron chi connectivity index (χ2n) is 6.32. The number of aliphatic hydroxyl groups excluding tert-OH is 1. The fourth-order valence-corrected chi connectivity index (χ4v) is 3.35. The first-order chi connectivity index (χ1) is 12.1. The van der Waals surface area contributed by atoms with Crippen LogP contribution in [0.2, 0.25) is 5.02 Å². The van der Waals surface area contributed by atoms with Crippen LogP contribution in [0, 0.1) is 11.3 Å². The molecular formula is C20H19ClN2O2. The van der Waals surface area contributed by atoms with E-state index in [2.05, 4.69) is 5.32 Å². The molecule has 0 radical (unpaired) electrons. The van der Waals surface area contributed by atoms with Crippen LogP contribution in [0.4, 0.5) is 0 Å². The zero-order valence-electron chi connectivity index (χ0n) is 13.7. The summed E-state index contributed by atoms with van der Waals surface area (Å²) in [6.07, 6.45) is 3.13. The van der Waals surface area contributed by atoms with Crippen LogP contribution in [0.3, 0.4) is 0 Å². The normalized spacial score (nSPS) is 19.9. The fourth-order valence-electron chi connectivity index (χ4n) is 3.13. The van der Waals surface area contributed by atoms with Crippen LogP contribution in [-0.2, 0) is 0 Å². The van der Waals surface area contributed by atoms with E-state index in [9.17, 15) is 9.90 Å². The van der Waals surface area contributed by atoms with E-state index in [0.717, 1.165) is 36.8 Å². The topological polar surface area (TPSA) is 73.1 Å². The predicted octanol–water partition coefficient (Wildman–Crippen LogP) is 3.91. The number of halogens is 1. The lowest BCUT2D eigenvalue weighted by molar-refractivity contribution is 0.0717. The Morgan fingerprint density at radius 2 is 1.80 bits per heavy atom. The Labute approximate surface area is 152 Å². The maximum absolute atomic E-state index is 12.4. The van der Waals surface area contributed by atoms with Crippen molar-refractivity contribution in [2.75, 3.05) is 0 Å². The Morgan fingerprint density at radius 3 is 2.44 bits per heavy atom.